The SMILES string of the molecule is CCC(C)NC(=O)CN1C[C@@H](C(F)(F)F)[C@H](C(=O)O)C1. The maximum atomic E-state index is 12.8. The molecule has 3 atom stereocenters. The van der Waals surface area contributed by atoms with Crippen LogP contribution in [0.4, 0.5) is 13.2 Å². The van der Waals surface area contributed by atoms with Crippen molar-refractivity contribution in [1.82, 2.24) is 10.2 Å². The molecule has 0 aliphatic carbocycles. The second kappa shape index (κ2) is 6.43. The quantitative estimate of drug-likeness (QED) is 0.797. The number of hydrogen-bond donors (Lipinski definition) is 2. The molecular formula is C12H19F3N2O3. The minimum absolute atomic E-state index is 0.0567. The van der Waals surface area contributed by atoms with Crippen molar-refractivity contribution in [3.05, 3.63) is 0 Å². The van der Waals surface area contributed by atoms with Crippen LogP contribution in [0.3, 0.4) is 0 Å². The van der Waals surface area contributed by atoms with Gasteiger partial charge in [-0.2, -0.15) is 13.2 Å². The summed E-state index contributed by atoms with van der Waals surface area (Å²) in [5.41, 5.74) is 0. The van der Waals surface area contributed by atoms with E-state index in [9.17, 15) is 22.8 Å². The number of hydrogen-bond acceptors (Lipinski definition) is 3. The number of carbonyl (C=O) groups excluding carboxylic acids is 1. The number of alkyl halides is 3. The van der Waals surface area contributed by atoms with Crippen molar-refractivity contribution in [2.24, 2.45) is 11.8 Å². The Bertz CT molecular complexity index is 373. The number of carbonyl (C=O) groups is 2. The van der Waals surface area contributed by atoms with Crippen LogP contribution < -0.4 is 5.32 Å². The molecule has 1 aliphatic heterocycles. The van der Waals surface area contributed by atoms with E-state index in [0.717, 1.165) is 0 Å². The van der Waals surface area contributed by atoms with Crippen molar-refractivity contribution in [3.63, 3.8) is 0 Å². The summed E-state index contributed by atoms with van der Waals surface area (Å²) >= 11 is 0. The second-order valence-electron chi connectivity index (χ2n) is 5.16. The topological polar surface area (TPSA) is 69.6 Å². The Hall–Kier alpha value is -1.31. The highest BCUT2D eigenvalue weighted by molar-refractivity contribution is 5.78. The molecule has 1 amide bonds. The van der Waals surface area contributed by atoms with Crippen LogP contribution in [0.25, 0.3) is 0 Å². The maximum Gasteiger partial charge on any atom is 0.393 e. The van der Waals surface area contributed by atoms with Crippen LogP contribution >= 0.6 is 0 Å². The number of carboxylic acids is 1. The monoisotopic (exact) mass is 296 g/mol. The van der Waals surface area contributed by atoms with Crippen molar-refractivity contribution in [2.45, 2.75) is 32.5 Å². The summed E-state index contributed by atoms with van der Waals surface area (Å²) in [5.74, 6) is -5.29. The van der Waals surface area contributed by atoms with Gasteiger partial charge in [-0.3, -0.25) is 14.5 Å². The molecule has 1 rings (SSSR count). The summed E-state index contributed by atoms with van der Waals surface area (Å²) in [7, 11) is 0. The average Bonchev–Trinajstić information content (AvgIpc) is 2.72. The lowest BCUT2D eigenvalue weighted by molar-refractivity contribution is -0.188. The third-order valence-corrected chi connectivity index (χ3v) is 3.52. The number of halogens is 3. The van der Waals surface area contributed by atoms with E-state index in [1.165, 1.54) is 4.90 Å². The molecule has 5 nitrogen and oxygen atoms in total. The average molecular weight is 296 g/mol. The summed E-state index contributed by atoms with van der Waals surface area (Å²) in [6.07, 6.45) is -3.85. The normalized spacial score (nSPS) is 25.4. The van der Waals surface area contributed by atoms with Gasteiger partial charge in [0.05, 0.1) is 18.4 Å². The molecule has 0 saturated carbocycles. The first kappa shape index (κ1) is 16.7. The van der Waals surface area contributed by atoms with Gasteiger partial charge in [-0.15, -0.1) is 0 Å². The fourth-order valence-electron chi connectivity index (χ4n) is 2.22. The van der Waals surface area contributed by atoms with E-state index in [1.807, 2.05) is 6.92 Å². The number of aliphatic carboxylic acids is 1. The van der Waals surface area contributed by atoms with Gasteiger partial charge in [0.1, 0.15) is 0 Å². The zero-order valence-electron chi connectivity index (χ0n) is 11.4. The number of carboxylic acid groups (broad SMARTS) is 1. The molecular weight excluding hydrogens is 277 g/mol. The Balaban J connectivity index is 2.62. The van der Waals surface area contributed by atoms with Crippen LogP contribution in [0.15, 0.2) is 0 Å². The van der Waals surface area contributed by atoms with Gasteiger partial charge in [0.25, 0.3) is 0 Å². The van der Waals surface area contributed by atoms with Crippen LogP contribution in [-0.2, 0) is 9.59 Å². The van der Waals surface area contributed by atoms with Crippen molar-refractivity contribution < 1.29 is 27.9 Å². The van der Waals surface area contributed by atoms with Crippen LogP contribution in [0, 0.1) is 11.8 Å². The Morgan fingerprint density at radius 1 is 1.40 bits per heavy atom. The highest BCUT2D eigenvalue weighted by atomic mass is 19.4. The summed E-state index contributed by atoms with van der Waals surface area (Å²) in [4.78, 5) is 23.8. The molecule has 1 heterocycles. The smallest absolute Gasteiger partial charge is 0.393 e. The fourth-order valence-corrected chi connectivity index (χ4v) is 2.22. The predicted molar refractivity (Wildman–Crippen MR) is 65.0 cm³/mol. The molecule has 2 N–H and O–H groups in total. The van der Waals surface area contributed by atoms with Gasteiger partial charge in [-0.1, -0.05) is 6.92 Å². The van der Waals surface area contributed by atoms with Crippen molar-refractivity contribution in [1.29, 1.82) is 0 Å². The van der Waals surface area contributed by atoms with E-state index in [0.29, 0.717) is 6.42 Å². The lowest BCUT2D eigenvalue weighted by atomic mass is 9.96. The summed E-state index contributed by atoms with van der Waals surface area (Å²) in [5, 5.41) is 11.5. The molecule has 1 fully saturated rings. The Morgan fingerprint density at radius 2 is 2.00 bits per heavy atom. The van der Waals surface area contributed by atoms with Gasteiger partial charge >= 0.3 is 12.1 Å². The Kier molecular flexibility index (Phi) is 5.38. The van der Waals surface area contributed by atoms with Gasteiger partial charge in [0.15, 0.2) is 0 Å². The zero-order valence-corrected chi connectivity index (χ0v) is 11.4. The lowest BCUT2D eigenvalue weighted by Crippen LogP contribution is -2.40. The second-order valence-corrected chi connectivity index (χ2v) is 5.16. The van der Waals surface area contributed by atoms with Crippen molar-refractivity contribution in [2.75, 3.05) is 19.6 Å². The van der Waals surface area contributed by atoms with Crippen LogP contribution in [0.5, 0.6) is 0 Å². The van der Waals surface area contributed by atoms with Gasteiger partial charge in [-0.05, 0) is 13.3 Å². The molecule has 8 heteroatoms. The van der Waals surface area contributed by atoms with E-state index in [2.05, 4.69) is 5.32 Å². The molecule has 1 aliphatic rings. The molecule has 0 radical (unpaired) electrons. The lowest BCUT2D eigenvalue weighted by Gasteiger charge is -2.19. The number of likely N-dealkylation sites (tertiary alicyclic amines) is 1. The number of nitrogens with zero attached hydrogens (tertiary/aromatic N) is 1. The number of rotatable bonds is 5. The third kappa shape index (κ3) is 4.36. The summed E-state index contributed by atoms with van der Waals surface area (Å²) < 4.78 is 38.3. The Labute approximate surface area is 115 Å². The van der Waals surface area contributed by atoms with E-state index in [4.69, 9.17) is 5.11 Å². The number of nitrogens with one attached hydrogen (secondary N) is 1. The molecule has 1 unspecified atom stereocenters. The van der Waals surface area contributed by atoms with E-state index in [-0.39, 0.29) is 25.0 Å². The third-order valence-electron chi connectivity index (χ3n) is 3.52. The molecule has 20 heavy (non-hydrogen) atoms. The van der Waals surface area contributed by atoms with E-state index >= 15 is 0 Å². The number of amides is 1. The molecule has 0 aromatic heterocycles. The molecule has 0 aromatic carbocycles. The maximum absolute atomic E-state index is 12.8. The molecule has 0 bridgehead atoms. The standard InChI is InChI=1S/C12H19F3N2O3/c1-3-7(2)16-10(18)6-17-4-8(11(19)20)9(5-17)12(13,14)15/h7-9H,3-6H2,1-2H3,(H,16,18)(H,19,20)/t7?,8-,9-/m1/s1. The summed E-state index contributed by atoms with van der Waals surface area (Å²) in [6, 6.07) is -0.0567. The van der Waals surface area contributed by atoms with Gasteiger partial charge in [0.2, 0.25) is 5.91 Å². The van der Waals surface area contributed by atoms with E-state index < -0.39 is 30.5 Å². The first-order chi connectivity index (χ1) is 9.15. The van der Waals surface area contributed by atoms with Gasteiger partial charge in [-0.25, -0.2) is 0 Å². The largest absolute Gasteiger partial charge is 0.481 e. The molecule has 116 valence electrons. The molecule has 0 aromatic rings. The van der Waals surface area contributed by atoms with Crippen LogP contribution in [0.1, 0.15) is 20.3 Å². The van der Waals surface area contributed by atoms with Crippen molar-refractivity contribution in [3.8, 4) is 0 Å². The molecule has 0 spiro atoms. The summed E-state index contributed by atoms with van der Waals surface area (Å²) in [6.45, 7) is 2.75. The van der Waals surface area contributed by atoms with Gasteiger partial charge in [0, 0.05) is 19.1 Å². The fraction of sp³-hybridized carbons (Fsp3) is 0.833. The highest BCUT2D eigenvalue weighted by Crippen LogP contribution is 2.37. The minimum atomic E-state index is -4.56. The van der Waals surface area contributed by atoms with Crippen molar-refractivity contribution >= 4 is 11.9 Å². The van der Waals surface area contributed by atoms with E-state index in [1.54, 1.807) is 6.92 Å². The predicted octanol–water partition coefficient (Wildman–Crippen LogP) is 1.10. The zero-order chi connectivity index (χ0) is 15.5. The van der Waals surface area contributed by atoms with Crippen LogP contribution in [0.2, 0.25) is 0 Å². The Morgan fingerprint density at radius 3 is 2.40 bits per heavy atom. The molecule has 1 saturated heterocycles. The minimum Gasteiger partial charge on any atom is -0.481 e. The first-order valence-electron chi connectivity index (χ1n) is 6.46. The first-order valence-corrected chi connectivity index (χ1v) is 6.46. The van der Waals surface area contributed by atoms with Gasteiger partial charge < -0.3 is 10.4 Å². The highest BCUT2D eigenvalue weighted by Gasteiger charge is 2.52. The van der Waals surface area contributed by atoms with Crippen LogP contribution in [-0.4, -0.2) is 53.7 Å².